The minimum atomic E-state index is -0.845. The van der Waals surface area contributed by atoms with Crippen LogP contribution in [-0.4, -0.2) is 11.3 Å². The third-order valence-corrected chi connectivity index (χ3v) is 3.92. The Labute approximate surface area is 110 Å². The van der Waals surface area contributed by atoms with E-state index in [0.29, 0.717) is 18.2 Å². The van der Waals surface area contributed by atoms with Gasteiger partial charge in [-0.05, 0) is 25.0 Å². The van der Waals surface area contributed by atoms with Crippen LogP contribution in [0.1, 0.15) is 42.7 Å². The number of ketones is 1. The standard InChI is InChI=1S/C15H16FNO2/c16-11-6-4-5-10-9-12(19-13(10)11)14(18)15(17)7-2-1-3-8-15/h4-6,9H,1-3,7-8,17H2. The van der Waals surface area contributed by atoms with Gasteiger partial charge in [-0.3, -0.25) is 4.79 Å². The molecule has 1 aliphatic carbocycles. The predicted octanol–water partition coefficient (Wildman–Crippen LogP) is 3.42. The van der Waals surface area contributed by atoms with Crippen molar-refractivity contribution in [2.75, 3.05) is 0 Å². The van der Waals surface area contributed by atoms with Crippen LogP contribution in [0.3, 0.4) is 0 Å². The first-order valence-corrected chi connectivity index (χ1v) is 6.62. The van der Waals surface area contributed by atoms with Crippen molar-refractivity contribution < 1.29 is 13.6 Å². The monoisotopic (exact) mass is 261 g/mol. The van der Waals surface area contributed by atoms with Gasteiger partial charge in [0, 0.05) is 5.39 Å². The number of nitrogens with two attached hydrogens (primary N) is 1. The third-order valence-electron chi connectivity index (χ3n) is 3.92. The fraction of sp³-hybridized carbons (Fsp3) is 0.400. The van der Waals surface area contributed by atoms with Crippen molar-refractivity contribution in [3.05, 3.63) is 35.8 Å². The molecule has 0 aliphatic heterocycles. The molecule has 0 bridgehead atoms. The Hall–Kier alpha value is -1.68. The van der Waals surface area contributed by atoms with E-state index < -0.39 is 11.4 Å². The van der Waals surface area contributed by atoms with E-state index in [1.165, 1.54) is 6.07 Å². The van der Waals surface area contributed by atoms with Crippen molar-refractivity contribution >= 4 is 16.8 Å². The molecular formula is C15H16FNO2. The Kier molecular flexibility index (Phi) is 2.90. The molecule has 3 rings (SSSR count). The molecule has 0 radical (unpaired) electrons. The maximum Gasteiger partial charge on any atom is 0.217 e. The Bertz CT molecular complexity index is 626. The summed E-state index contributed by atoms with van der Waals surface area (Å²) in [6.45, 7) is 0. The molecule has 19 heavy (non-hydrogen) atoms. The van der Waals surface area contributed by atoms with Crippen molar-refractivity contribution in [2.24, 2.45) is 5.73 Å². The fourth-order valence-corrected chi connectivity index (χ4v) is 2.79. The van der Waals surface area contributed by atoms with Crippen LogP contribution in [0, 0.1) is 5.82 Å². The number of halogens is 1. The molecular weight excluding hydrogens is 245 g/mol. The number of para-hydroxylation sites is 1. The fourth-order valence-electron chi connectivity index (χ4n) is 2.79. The van der Waals surface area contributed by atoms with E-state index in [2.05, 4.69) is 0 Å². The SMILES string of the molecule is NC1(C(=O)c2cc3cccc(F)c3o2)CCCCC1. The Balaban J connectivity index is 1.99. The topological polar surface area (TPSA) is 56.2 Å². The second kappa shape index (κ2) is 4.46. The average Bonchev–Trinajstić information content (AvgIpc) is 2.84. The van der Waals surface area contributed by atoms with Gasteiger partial charge in [0.05, 0.1) is 5.54 Å². The van der Waals surface area contributed by atoms with Gasteiger partial charge in [-0.2, -0.15) is 0 Å². The summed E-state index contributed by atoms with van der Waals surface area (Å²) in [5.41, 5.74) is 5.48. The zero-order valence-corrected chi connectivity index (χ0v) is 10.6. The minimum absolute atomic E-state index is 0.130. The molecule has 1 heterocycles. The number of rotatable bonds is 2. The normalized spacial score (nSPS) is 18.6. The van der Waals surface area contributed by atoms with Crippen LogP contribution in [0.4, 0.5) is 4.39 Å². The highest BCUT2D eigenvalue weighted by Gasteiger charge is 2.37. The molecule has 0 saturated heterocycles. The van der Waals surface area contributed by atoms with E-state index in [0.717, 1.165) is 19.3 Å². The highest BCUT2D eigenvalue weighted by molar-refractivity contribution is 6.03. The van der Waals surface area contributed by atoms with Gasteiger partial charge in [0.15, 0.2) is 17.2 Å². The van der Waals surface area contributed by atoms with Gasteiger partial charge in [-0.25, -0.2) is 4.39 Å². The molecule has 0 atom stereocenters. The van der Waals surface area contributed by atoms with Crippen LogP contribution in [0.15, 0.2) is 28.7 Å². The Morgan fingerprint density at radius 1 is 1.26 bits per heavy atom. The zero-order valence-electron chi connectivity index (χ0n) is 10.6. The summed E-state index contributed by atoms with van der Waals surface area (Å²) in [6.07, 6.45) is 4.37. The number of carbonyl (C=O) groups is 1. The van der Waals surface area contributed by atoms with Gasteiger partial charge in [0.1, 0.15) is 0 Å². The summed E-state index contributed by atoms with van der Waals surface area (Å²) in [5.74, 6) is -0.487. The van der Waals surface area contributed by atoms with Gasteiger partial charge in [0.25, 0.3) is 0 Å². The number of Topliss-reactive ketones (excluding diaryl/α,β-unsaturated/α-hetero) is 1. The van der Waals surface area contributed by atoms with Crippen molar-refractivity contribution in [2.45, 2.75) is 37.6 Å². The van der Waals surface area contributed by atoms with Gasteiger partial charge in [-0.15, -0.1) is 0 Å². The molecule has 100 valence electrons. The molecule has 1 aliphatic rings. The lowest BCUT2D eigenvalue weighted by molar-refractivity contribution is 0.0820. The van der Waals surface area contributed by atoms with E-state index in [1.54, 1.807) is 18.2 Å². The minimum Gasteiger partial charge on any atom is -0.450 e. The number of hydrogen-bond acceptors (Lipinski definition) is 3. The smallest absolute Gasteiger partial charge is 0.217 e. The summed E-state index contributed by atoms with van der Waals surface area (Å²) in [4.78, 5) is 12.5. The zero-order chi connectivity index (χ0) is 13.5. The number of fused-ring (bicyclic) bond motifs is 1. The van der Waals surface area contributed by atoms with E-state index in [-0.39, 0.29) is 17.1 Å². The number of furan rings is 1. The van der Waals surface area contributed by atoms with Gasteiger partial charge >= 0.3 is 0 Å². The maximum absolute atomic E-state index is 13.6. The van der Waals surface area contributed by atoms with Crippen molar-refractivity contribution in [3.8, 4) is 0 Å². The van der Waals surface area contributed by atoms with Gasteiger partial charge in [-0.1, -0.05) is 31.4 Å². The molecule has 3 nitrogen and oxygen atoms in total. The molecule has 1 fully saturated rings. The van der Waals surface area contributed by atoms with Crippen LogP contribution in [0.25, 0.3) is 11.0 Å². The Morgan fingerprint density at radius 2 is 2.00 bits per heavy atom. The first kappa shape index (κ1) is 12.4. The van der Waals surface area contributed by atoms with Crippen LogP contribution in [-0.2, 0) is 0 Å². The lowest BCUT2D eigenvalue weighted by Crippen LogP contribution is -2.49. The molecule has 0 unspecified atom stereocenters. The van der Waals surface area contributed by atoms with Crippen LogP contribution in [0.5, 0.6) is 0 Å². The molecule has 1 aromatic carbocycles. The van der Waals surface area contributed by atoms with Crippen molar-refractivity contribution in [1.82, 2.24) is 0 Å². The van der Waals surface area contributed by atoms with E-state index in [9.17, 15) is 9.18 Å². The molecule has 1 saturated carbocycles. The maximum atomic E-state index is 13.6. The highest BCUT2D eigenvalue weighted by Crippen LogP contribution is 2.31. The van der Waals surface area contributed by atoms with Crippen molar-refractivity contribution in [1.29, 1.82) is 0 Å². The quantitative estimate of drug-likeness (QED) is 0.843. The summed E-state index contributed by atoms with van der Waals surface area (Å²) in [5, 5.41) is 0.600. The lowest BCUT2D eigenvalue weighted by atomic mass is 9.79. The first-order valence-electron chi connectivity index (χ1n) is 6.62. The summed E-state index contributed by atoms with van der Waals surface area (Å²) >= 11 is 0. The van der Waals surface area contributed by atoms with Crippen LogP contribution >= 0.6 is 0 Å². The average molecular weight is 261 g/mol. The predicted molar refractivity (Wildman–Crippen MR) is 70.5 cm³/mol. The number of benzene rings is 1. The Morgan fingerprint density at radius 3 is 2.68 bits per heavy atom. The van der Waals surface area contributed by atoms with Crippen LogP contribution in [0.2, 0.25) is 0 Å². The second-order valence-electron chi connectivity index (χ2n) is 5.31. The summed E-state index contributed by atoms with van der Waals surface area (Å²) in [7, 11) is 0. The number of hydrogen-bond donors (Lipinski definition) is 1. The van der Waals surface area contributed by atoms with E-state index in [1.807, 2.05) is 0 Å². The van der Waals surface area contributed by atoms with Gasteiger partial charge < -0.3 is 10.2 Å². The summed E-state index contributed by atoms with van der Waals surface area (Å²) in [6, 6.07) is 6.23. The van der Waals surface area contributed by atoms with Gasteiger partial charge in [0.2, 0.25) is 5.78 Å². The number of carbonyl (C=O) groups excluding carboxylic acids is 1. The van der Waals surface area contributed by atoms with Crippen LogP contribution < -0.4 is 5.73 Å². The summed E-state index contributed by atoms with van der Waals surface area (Å²) < 4.78 is 18.9. The van der Waals surface area contributed by atoms with Crippen molar-refractivity contribution in [3.63, 3.8) is 0 Å². The second-order valence-corrected chi connectivity index (χ2v) is 5.31. The molecule has 2 N–H and O–H groups in total. The molecule has 1 aromatic heterocycles. The third kappa shape index (κ3) is 2.06. The molecule has 0 amide bonds. The first-order chi connectivity index (χ1) is 9.10. The molecule has 2 aromatic rings. The molecule has 0 spiro atoms. The lowest BCUT2D eigenvalue weighted by Gasteiger charge is -2.30. The largest absolute Gasteiger partial charge is 0.450 e. The molecule has 4 heteroatoms. The van der Waals surface area contributed by atoms with E-state index >= 15 is 0 Å². The van der Waals surface area contributed by atoms with E-state index in [4.69, 9.17) is 10.2 Å². The highest BCUT2D eigenvalue weighted by atomic mass is 19.1.